The van der Waals surface area contributed by atoms with E-state index in [2.05, 4.69) is 16.3 Å². The summed E-state index contributed by atoms with van der Waals surface area (Å²) in [6.45, 7) is 3.40. The number of thiophene rings is 1. The van der Waals surface area contributed by atoms with E-state index in [1.54, 1.807) is 0 Å². The average molecular weight is 468 g/mol. The van der Waals surface area contributed by atoms with Crippen LogP contribution in [0.15, 0.2) is 36.4 Å². The molecule has 4 heterocycles. The summed E-state index contributed by atoms with van der Waals surface area (Å²) in [5, 5.41) is 3.61. The van der Waals surface area contributed by atoms with Crippen molar-refractivity contribution in [3.8, 4) is 5.75 Å². The summed E-state index contributed by atoms with van der Waals surface area (Å²) in [5.41, 5.74) is 2.48. The molecule has 8 nitrogen and oxygen atoms in total. The number of pyridine rings is 1. The third kappa shape index (κ3) is 4.57. The first-order valence-electron chi connectivity index (χ1n) is 11.0. The molecule has 0 bridgehead atoms. The van der Waals surface area contributed by atoms with Crippen LogP contribution in [0.4, 0.5) is 5.69 Å². The third-order valence-corrected chi connectivity index (χ3v) is 6.95. The number of nitrogens with one attached hydrogen (secondary N) is 1. The summed E-state index contributed by atoms with van der Waals surface area (Å²) in [4.78, 5) is 33.2. The van der Waals surface area contributed by atoms with Gasteiger partial charge in [0.15, 0.2) is 0 Å². The van der Waals surface area contributed by atoms with Crippen molar-refractivity contribution in [1.82, 2.24) is 9.88 Å². The highest BCUT2D eigenvalue weighted by Gasteiger charge is 2.28. The van der Waals surface area contributed by atoms with Crippen LogP contribution in [0.25, 0.3) is 10.2 Å². The van der Waals surface area contributed by atoms with Crippen LogP contribution in [-0.2, 0) is 27.4 Å². The number of para-hydroxylation sites is 1. The molecule has 1 atom stereocenters. The normalized spacial score (nSPS) is 18.4. The fraction of sp³-hybridized carbons (Fsp3) is 0.375. The maximum Gasteiger partial charge on any atom is 0.350 e. The van der Waals surface area contributed by atoms with E-state index in [-0.39, 0.29) is 5.91 Å². The number of esters is 1. The number of carbonyl (C=O) groups is 2. The smallest absolute Gasteiger partial charge is 0.350 e. The van der Waals surface area contributed by atoms with E-state index in [1.807, 2.05) is 30.3 Å². The molecule has 0 aliphatic carbocycles. The molecule has 5 rings (SSSR count). The second-order valence-electron chi connectivity index (χ2n) is 8.11. The summed E-state index contributed by atoms with van der Waals surface area (Å²) in [7, 11) is 1.33. The van der Waals surface area contributed by atoms with Crippen LogP contribution in [0.1, 0.15) is 33.8 Å². The van der Waals surface area contributed by atoms with Crippen LogP contribution in [0.2, 0.25) is 0 Å². The van der Waals surface area contributed by atoms with E-state index in [4.69, 9.17) is 19.2 Å². The van der Waals surface area contributed by atoms with Gasteiger partial charge in [-0.2, -0.15) is 0 Å². The van der Waals surface area contributed by atoms with Crippen molar-refractivity contribution in [2.75, 3.05) is 32.2 Å². The number of carbonyl (C=O) groups excluding carboxylic acids is 2. The van der Waals surface area contributed by atoms with Gasteiger partial charge in [0.05, 0.1) is 18.5 Å². The van der Waals surface area contributed by atoms with Gasteiger partial charge in [0.25, 0.3) is 5.91 Å². The van der Waals surface area contributed by atoms with E-state index in [0.29, 0.717) is 41.6 Å². The van der Waals surface area contributed by atoms with Crippen LogP contribution in [0.5, 0.6) is 5.75 Å². The Morgan fingerprint density at radius 3 is 2.94 bits per heavy atom. The summed E-state index contributed by atoms with van der Waals surface area (Å²) in [6.07, 6.45) is 1.03. The van der Waals surface area contributed by atoms with Gasteiger partial charge in [-0.25, -0.2) is 9.78 Å². The van der Waals surface area contributed by atoms with Crippen molar-refractivity contribution in [1.29, 1.82) is 0 Å². The maximum absolute atomic E-state index is 12.7. The number of methoxy groups -OCH3 is 1. The Kier molecular flexibility index (Phi) is 6.26. The fourth-order valence-corrected chi connectivity index (χ4v) is 5.26. The fourth-order valence-electron chi connectivity index (χ4n) is 4.20. The minimum absolute atomic E-state index is 0.246. The molecule has 2 aliphatic heterocycles. The molecule has 0 spiro atoms. The number of ether oxygens (including phenoxy) is 3. The van der Waals surface area contributed by atoms with E-state index in [1.165, 1.54) is 18.4 Å². The first kappa shape index (κ1) is 21.8. The summed E-state index contributed by atoms with van der Waals surface area (Å²) >= 11 is 1.23. The largest absolute Gasteiger partial charge is 0.492 e. The van der Waals surface area contributed by atoms with E-state index in [0.717, 1.165) is 41.9 Å². The van der Waals surface area contributed by atoms with Gasteiger partial charge in [0, 0.05) is 37.2 Å². The molecule has 33 heavy (non-hydrogen) atoms. The Morgan fingerprint density at radius 2 is 2.12 bits per heavy atom. The molecular formula is C24H25N3O5S. The summed E-state index contributed by atoms with van der Waals surface area (Å²) < 4.78 is 16.3. The minimum Gasteiger partial charge on any atom is -0.492 e. The van der Waals surface area contributed by atoms with Crippen molar-refractivity contribution in [2.24, 2.45) is 0 Å². The van der Waals surface area contributed by atoms with Gasteiger partial charge in [0.2, 0.25) is 0 Å². The predicted octanol–water partition coefficient (Wildman–Crippen LogP) is 3.60. The van der Waals surface area contributed by atoms with Crippen molar-refractivity contribution < 1.29 is 23.8 Å². The van der Waals surface area contributed by atoms with Crippen molar-refractivity contribution in [3.05, 3.63) is 52.5 Å². The Labute approximate surface area is 195 Å². The van der Waals surface area contributed by atoms with Gasteiger partial charge < -0.3 is 19.5 Å². The molecule has 0 unspecified atom stereocenters. The molecule has 0 radical (unpaired) electrons. The van der Waals surface area contributed by atoms with Crippen LogP contribution in [-0.4, -0.2) is 54.7 Å². The number of amides is 1. The first-order valence-corrected chi connectivity index (χ1v) is 11.8. The first-order chi connectivity index (χ1) is 16.1. The van der Waals surface area contributed by atoms with Gasteiger partial charge in [-0.3, -0.25) is 9.69 Å². The molecule has 1 saturated heterocycles. The lowest BCUT2D eigenvalue weighted by atomic mass is 10.2. The Balaban J connectivity index is 1.40. The molecule has 3 aromatic rings. The number of benzene rings is 1. The van der Waals surface area contributed by atoms with Gasteiger partial charge >= 0.3 is 5.97 Å². The second-order valence-corrected chi connectivity index (χ2v) is 9.11. The minimum atomic E-state index is -0.497. The number of hydrogen-bond donors (Lipinski definition) is 1. The molecule has 1 fully saturated rings. The van der Waals surface area contributed by atoms with Crippen LogP contribution >= 0.6 is 11.3 Å². The zero-order chi connectivity index (χ0) is 22.8. The van der Waals surface area contributed by atoms with E-state index in [9.17, 15) is 9.59 Å². The molecular weight excluding hydrogens is 442 g/mol. The molecule has 172 valence electrons. The van der Waals surface area contributed by atoms with Crippen molar-refractivity contribution >= 4 is 39.1 Å². The topological polar surface area (TPSA) is 90.0 Å². The Bertz CT molecular complexity index is 1190. The molecule has 1 amide bonds. The number of fused-ring (bicyclic) bond motifs is 2. The quantitative estimate of drug-likeness (QED) is 0.574. The lowest BCUT2D eigenvalue weighted by Gasteiger charge is -2.18. The highest BCUT2D eigenvalue weighted by molar-refractivity contribution is 7.21. The lowest BCUT2D eigenvalue weighted by Crippen LogP contribution is -2.27. The average Bonchev–Trinajstić information content (AvgIpc) is 3.43. The van der Waals surface area contributed by atoms with Gasteiger partial charge in [0.1, 0.15) is 28.2 Å². The van der Waals surface area contributed by atoms with Crippen molar-refractivity contribution in [2.45, 2.75) is 32.0 Å². The standard InChI is InChI=1S/C24H25N3O5S/c1-30-24(29)21-20(26-22(28)19-7-4-11-31-19)17-9-8-16(25-23(17)33-21)14-27-10-12-32-18-6-3-2-5-15(18)13-27/h2-3,5-6,8-9,19H,4,7,10-14H2,1H3,(H,26,28)/t19-/m1/s1. The Morgan fingerprint density at radius 1 is 1.24 bits per heavy atom. The Hall–Kier alpha value is -3.01. The van der Waals surface area contributed by atoms with Gasteiger partial charge in [-0.1, -0.05) is 18.2 Å². The molecule has 2 aliphatic rings. The number of anilines is 1. The monoisotopic (exact) mass is 467 g/mol. The second kappa shape index (κ2) is 9.46. The van der Waals surface area contributed by atoms with Crippen LogP contribution in [0.3, 0.4) is 0 Å². The SMILES string of the molecule is COC(=O)c1sc2nc(CN3CCOc4ccccc4C3)ccc2c1NC(=O)[C@H]1CCCO1. The van der Waals surface area contributed by atoms with E-state index < -0.39 is 12.1 Å². The van der Waals surface area contributed by atoms with Gasteiger partial charge in [-0.15, -0.1) is 11.3 Å². The summed E-state index contributed by atoms with van der Waals surface area (Å²) in [6, 6.07) is 11.9. The molecule has 2 aromatic heterocycles. The molecule has 0 saturated carbocycles. The zero-order valence-corrected chi connectivity index (χ0v) is 19.2. The van der Waals surface area contributed by atoms with Crippen molar-refractivity contribution in [3.63, 3.8) is 0 Å². The number of nitrogens with zero attached hydrogens (tertiary/aromatic N) is 2. The van der Waals surface area contributed by atoms with E-state index >= 15 is 0 Å². The molecule has 1 aromatic carbocycles. The van der Waals surface area contributed by atoms with Crippen LogP contribution < -0.4 is 10.1 Å². The lowest BCUT2D eigenvalue weighted by molar-refractivity contribution is -0.124. The summed E-state index contributed by atoms with van der Waals surface area (Å²) in [5.74, 6) is 0.184. The molecule has 9 heteroatoms. The maximum atomic E-state index is 12.7. The molecule has 1 N–H and O–H groups in total. The highest BCUT2D eigenvalue weighted by atomic mass is 32.1. The predicted molar refractivity (Wildman–Crippen MR) is 125 cm³/mol. The number of hydrogen-bond acceptors (Lipinski definition) is 8. The number of rotatable bonds is 5. The highest BCUT2D eigenvalue weighted by Crippen LogP contribution is 2.36. The number of aromatic nitrogens is 1. The third-order valence-electron chi connectivity index (χ3n) is 5.87. The van der Waals surface area contributed by atoms with Crippen LogP contribution in [0, 0.1) is 0 Å². The van der Waals surface area contributed by atoms with Gasteiger partial charge in [-0.05, 0) is 31.0 Å². The zero-order valence-electron chi connectivity index (χ0n) is 18.3.